The molecule has 0 fully saturated rings. The fraction of sp³-hybridized carbons (Fsp3) is 0.300. The summed E-state index contributed by atoms with van der Waals surface area (Å²) < 4.78 is 21.3. The molecule has 0 unspecified atom stereocenters. The fourth-order valence-electron chi connectivity index (χ4n) is 1.21. The van der Waals surface area contributed by atoms with Crippen molar-refractivity contribution < 1.29 is 13.2 Å². The minimum Gasteiger partial charge on any atom is -0.399 e. The van der Waals surface area contributed by atoms with Crippen LogP contribution in [0.3, 0.4) is 0 Å². The normalized spacial score (nSPS) is 11.1. The van der Waals surface area contributed by atoms with E-state index < -0.39 is 10.0 Å². The molecule has 0 bridgehead atoms. The van der Waals surface area contributed by atoms with Crippen molar-refractivity contribution in [2.45, 2.75) is 6.42 Å². The van der Waals surface area contributed by atoms with Gasteiger partial charge in [-0.3, -0.25) is 4.79 Å². The molecular weight excluding hydrogens is 242 g/mol. The zero-order valence-corrected chi connectivity index (χ0v) is 10.0. The minimum absolute atomic E-state index is 0.144. The first-order chi connectivity index (χ1) is 7.88. The summed E-state index contributed by atoms with van der Waals surface area (Å²) in [5, 5.41) is 7.42. The zero-order valence-electron chi connectivity index (χ0n) is 9.22. The Labute approximate surface area is 100 Å². The molecule has 7 heteroatoms. The Bertz CT molecular complexity index is 482. The zero-order chi connectivity index (χ0) is 12.9. The van der Waals surface area contributed by atoms with Crippen molar-refractivity contribution >= 4 is 21.6 Å². The second kappa shape index (κ2) is 5.65. The largest absolute Gasteiger partial charge is 0.399 e. The Hall–Kier alpha value is -1.60. The number of amides is 1. The number of carbonyl (C=O) groups excluding carboxylic acids is 1. The van der Waals surface area contributed by atoms with E-state index >= 15 is 0 Å². The van der Waals surface area contributed by atoms with Gasteiger partial charge in [-0.2, -0.15) is 0 Å². The van der Waals surface area contributed by atoms with Gasteiger partial charge in [0.1, 0.15) is 0 Å². The SMILES string of the molecule is Nc1ccc(C(=O)NCCCS(N)(=O)=O)cc1. The van der Waals surface area contributed by atoms with Crippen molar-refractivity contribution in [1.82, 2.24) is 5.32 Å². The number of nitrogen functional groups attached to an aromatic ring is 1. The van der Waals surface area contributed by atoms with Crippen molar-refractivity contribution in [2.24, 2.45) is 5.14 Å². The molecule has 0 aliphatic heterocycles. The quantitative estimate of drug-likeness (QED) is 0.495. The maximum Gasteiger partial charge on any atom is 0.251 e. The lowest BCUT2D eigenvalue weighted by Gasteiger charge is -2.04. The summed E-state index contributed by atoms with van der Waals surface area (Å²) in [5.74, 6) is -0.408. The van der Waals surface area contributed by atoms with E-state index in [1.165, 1.54) is 0 Å². The maximum absolute atomic E-state index is 11.5. The second-order valence-electron chi connectivity index (χ2n) is 3.60. The van der Waals surface area contributed by atoms with Gasteiger partial charge in [-0.25, -0.2) is 13.6 Å². The predicted molar refractivity (Wildman–Crippen MR) is 65.8 cm³/mol. The molecule has 0 aliphatic rings. The van der Waals surface area contributed by atoms with Crippen LogP contribution in [-0.4, -0.2) is 26.6 Å². The van der Waals surface area contributed by atoms with Crippen LogP contribution in [-0.2, 0) is 10.0 Å². The topological polar surface area (TPSA) is 115 Å². The Morgan fingerprint density at radius 3 is 2.35 bits per heavy atom. The van der Waals surface area contributed by atoms with Crippen LogP contribution in [0.4, 0.5) is 5.69 Å². The third kappa shape index (κ3) is 5.32. The molecule has 5 N–H and O–H groups in total. The molecule has 0 saturated heterocycles. The summed E-state index contributed by atoms with van der Waals surface area (Å²) in [7, 11) is -3.46. The molecule has 6 nitrogen and oxygen atoms in total. The Morgan fingerprint density at radius 2 is 1.82 bits per heavy atom. The van der Waals surface area contributed by atoms with Gasteiger partial charge in [-0.05, 0) is 30.7 Å². The number of primary sulfonamides is 1. The number of rotatable bonds is 5. The summed E-state index contributed by atoms with van der Waals surface area (Å²) in [4.78, 5) is 11.5. The number of carbonyl (C=O) groups is 1. The number of nitrogens with one attached hydrogen (secondary N) is 1. The predicted octanol–water partition coefficient (Wildman–Crippen LogP) is -0.323. The van der Waals surface area contributed by atoms with E-state index in [1.807, 2.05) is 0 Å². The highest BCUT2D eigenvalue weighted by atomic mass is 32.2. The average molecular weight is 257 g/mol. The van der Waals surface area contributed by atoms with E-state index in [0.29, 0.717) is 17.7 Å². The second-order valence-corrected chi connectivity index (χ2v) is 5.33. The van der Waals surface area contributed by atoms with Crippen LogP contribution in [0.15, 0.2) is 24.3 Å². The third-order valence-electron chi connectivity index (χ3n) is 2.06. The number of nitrogens with two attached hydrogens (primary N) is 2. The Balaban J connectivity index is 2.38. The van der Waals surface area contributed by atoms with Gasteiger partial charge < -0.3 is 11.1 Å². The van der Waals surface area contributed by atoms with Gasteiger partial charge in [-0.1, -0.05) is 0 Å². The molecule has 0 heterocycles. The van der Waals surface area contributed by atoms with Crippen LogP contribution in [0.25, 0.3) is 0 Å². The van der Waals surface area contributed by atoms with Crippen LogP contribution < -0.4 is 16.2 Å². The molecule has 1 aromatic carbocycles. The summed E-state index contributed by atoms with van der Waals surface area (Å²) >= 11 is 0. The molecule has 0 aromatic heterocycles. The number of sulfonamides is 1. The van der Waals surface area contributed by atoms with Crippen LogP contribution >= 0.6 is 0 Å². The van der Waals surface area contributed by atoms with E-state index in [1.54, 1.807) is 24.3 Å². The maximum atomic E-state index is 11.5. The first-order valence-electron chi connectivity index (χ1n) is 5.03. The standard InChI is InChI=1S/C10H15N3O3S/c11-9-4-2-8(3-5-9)10(14)13-6-1-7-17(12,15)16/h2-5H,1,6-7,11H2,(H,13,14)(H2,12,15,16). The van der Waals surface area contributed by atoms with Crippen molar-refractivity contribution in [3.8, 4) is 0 Å². The van der Waals surface area contributed by atoms with Gasteiger partial charge in [0.15, 0.2) is 0 Å². The summed E-state index contributed by atoms with van der Waals surface area (Å²) in [6.45, 7) is 0.264. The summed E-state index contributed by atoms with van der Waals surface area (Å²) in [6.07, 6.45) is 0.291. The first kappa shape index (κ1) is 13.5. The molecule has 0 aliphatic carbocycles. The Morgan fingerprint density at radius 1 is 1.24 bits per heavy atom. The van der Waals surface area contributed by atoms with E-state index in [2.05, 4.69) is 5.32 Å². The van der Waals surface area contributed by atoms with E-state index in [4.69, 9.17) is 10.9 Å². The first-order valence-corrected chi connectivity index (χ1v) is 6.74. The number of anilines is 1. The lowest BCUT2D eigenvalue weighted by Crippen LogP contribution is -2.27. The monoisotopic (exact) mass is 257 g/mol. The molecule has 0 spiro atoms. The smallest absolute Gasteiger partial charge is 0.251 e. The summed E-state index contributed by atoms with van der Waals surface area (Å²) in [6, 6.07) is 6.45. The van der Waals surface area contributed by atoms with Crippen LogP contribution in [0.5, 0.6) is 0 Å². The number of benzene rings is 1. The van der Waals surface area contributed by atoms with Crippen molar-refractivity contribution in [3.05, 3.63) is 29.8 Å². The fourth-order valence-corrected chi connectivity index (χ4v) is 1.76. The van der Waals surface area contributed by atoms with Gasteiger partial charge in [0.05, 0.1) is 5.75 Å². The van der Waals surface area contributed by atoms with E-state index in [-0.39, 0.29) is 18.2 Å². The van der Waals surface area contributed by atoms with Gasteiger partial charge >= 0.3 is 0 Å². The number of hydrogen-bond donors (Lipinski definition) is 3. The number of hydrogen-bond acceptors (Lipinski definition) is 4. The molecule has 1 amide bonds. The molecule has 0 saturated carbocycles. The molecule has 0 radical (unpaired) electrons. The highest BCUT2D eigenvalue weighted by molar-refractivity contribution is 7.89. The van der Waals surface area contributed by atoms with Gasteiger partial charge in [0, 0.05) is 17.8 Å². The highest BCUT2D eigenvalue weighted by Gasteiger charge is 2.06. The molecule has 0 atom stereocenters. The van der Waals surface area contributed by atoms with E-state index in [0.717, 1.165) is 0 Å². The van der Waals surface area contributed by atoms with Gasteiger partial charge in [0.2, 0.25) is 10.0 Å². The van der Waals surface area contributed by atoms with Crippen LogP contribution in [0.1, 0.15) is 16.8 Å². The van der Waals surface area contributed by atoms with Crippen molar-refractivity contribution in [1.29, 1.82) is 0 Å². The van der Waals surface area contributed by atoms with Gasteiger partial charge in [0.25, 0.3) is 5.91 Å². The lowest BCUT2D eigenvalue weighted by molar-refractivity contribution is 0.0953. The average Bonchev–Trinajstić information content (AvgIpc) is 2.24. The van der Waals surface area contributed by atoms with Crippen LogP contribution in [0, 0.1) is 0 Å². The van der Waals surface area contributed by atoms with Gasteiger partial charge in [-0.15, -0.1) is 0 Å². The third-order valence-corrected chi connectivity index (χ3v) is 2.92. The van der Waals surface area contributed by atoms with Crippen molar-refractivity contribution in [2.75, 3.05) is 18.0 Å². The molecule has 1 aromatic rings. The molecular formula is C10H15N3O3S. The van der Waals surface area contributed by atoms with Crippen LogP contribution in [0.2, 0.25) is 0 Å². The molecule has 94 valence electrons. The minimum atomic E-state index is -3.46. The lowest BCUT2D eigenvalue weighted by atomic mass is 10.2. The summed E-state index contributed by atoms with van der Waals surface area (Å²) in [5.41, 5.74) is 6.54. The molecule has 1 rings (SSSR count). The Kier molecular flexibility index (Phi) is 4.47. The molecule has 17 heavy (non-hydrogen) atoms. The highest BCUT2D eigenvalue weighted by Crippen LogP contribution is 2.04. The van der Waals surface area contributed by atoms with E-state index in [9.17, 15) is 13.2 Å². The van der Waals surface area contributed by atoms with Crippen molar-refractivity contribution in [3.63, 3.8) is 0 Å².